The van der Waals surface area contributed by atoms with Gasteiger partial charge in [0.2, 0.25) is 5.88 Å². The van der Waals surface area contributed by atoms with E-state index < -0.39 is 0 Å². The van der Waals surface area contributed by atoms with E-state index in [4.69, 9.17) is 10.5 Å². The van der Waals surface area contributed by atoms with Crippen LogP contribution in [-0.4, -0.2) is 23.3 Å². The molecule has 0 aliphatic carbocycles. The molecule has 0 aliphatic rings. The van der Waals surface area contributed by atoms with E-state index in [0.29, 0.717) is 18.2 Å². The zero-order valence-corrected chi connectivity index (χ0v) is 8.81. The van der Waals surface area contributed by atoms with Crippen molar-refractivity contribution in [2.45, 2.75) is 18.5 Å². The van der Waals surface area contributed by atoms with Crippen LogP contribution in [0.3, 0.4) is 0 Å². The molecule has 1 aromatic rings. The Balaban J connectivity index is 3.25. The van der Waals surface area contributed by atoms with Crippen LogP contribution >= 0.6 is 11.8 Å². The molecular formula is C8H13N3OS. The number of hydrogen-bond donors (Lipinski definition) is 1. The number of methoxy groups -OCH3 is 1. The van der Waals surface area contributed by atoms with E-state index in [-0.39, 0.29) is 0 Å². The Labute approximate surface area is 81.9 Å². The lowest BCUT2D eigenvalue weighted by Gasteiger charge is -2.09. The molecule has 0 radical (unpaired) electrons. The molecule has 4 nitrogen and oxygen atoms in total. The third-order valence-corrected chi connectivity index (χ3v) is 2.36. The summed E-state index contributed by atoms with van der Waals surface area (Å²) < 4.78 is 5.12. The lowest BCUT2D eigenvalue weighted by molar-refractivity contribution is 0.387. The van der Waals surface area contributed by atoms with Gasteiger partial charge in [-0.1, -0.05) is 0 Å². The summed E-state index contributed by atoms with van der Waals surface area (Å²) in [6.07, 6.45) is 1.96. The summed E-state index contributed by atoms with van der Waals surface area (Å²) in [7, 11) is 1.59. The molecule has 0 bridgehead atoms. The van der Waals surface area contributed by atoms with Crippen molar-refractivity contribution < 1.29 is 4.74 Å². The summed E-state index contributed by atoms with van der Waals surface area (Å²) in [5, 5.41) is 0.895. The molecule has 1 aromatic heterocycles. The first-order valence-electron chi connectivity index (χ1n) is 3.88. The van der Waals surface area contributed by atoms with Gasteiger partial charge >= 0.3 is 0 Å². The van der Waals surface area contributed by atoms with Crippen LogP contribution in [0.2, 0.25) is 0 Å². The second-order valence-corrected chi connectivity index (χ2v) is 3.27. The van der Waals surface area contributed by atoms with Crippen molar-refractivity contribution in [3.8, 4) is 5.88 Å². The van der Waals surface area contributed by atoms with E-state index in [1.54, 1.807) is 18.9 Å². The molecule has 0 aliphatic heterocycles. The topological polar surface area (TPSA) is 61.0 Å². The summed E-state index contributed by atoms with van der Waals surface area (Å²) in [5.41, 5.74) is 6.45. The van der Waals surface area contributed by atoms with Crippen molar-refractivity contribution in [1.29, 1.82) is 0 Å². The molecule has 13 heavy (non-hydrogen) atoms. The molecule has 1 rings (SSSR count). The van der Waals surface area contributed by atoms with Gasteiger partial charge in [-0.2, -0.15) is 4.98 Å². The van der Waals surface area contributed by atoms with Crippen LogP contribution in [0.4, 0.5) is 0 Å². The van der Waals surface area contributed by atoms with Gasteiger partial charge < -0.3 is 10.5 Å². The van der Waals surface area contributed by atoms with Gasteiger partial charge in [0, 0.05) is 6.54 Å². The lowest BCUT2D eigenvalue weighted by Crippen LogP contribution is -2.06. The van der Waals surface area contributed by atoms with Crippen LogP contribution in [0.5, 0.6) is 5.88 Å². The summed E-state index contributed by atoms with van der Waals surface area (Å²) in [6.45, 7) is 2.24. The van der Waals surface area contributed by atoms with Crippen LogP contribution in [0, 0.1) is 6.92 Å². The minimum absolute atomic E-state index is 0.402. The molecule has 0 amide bonds. The summed E-state index contributed by atoms with van der Waals surface area (Å²) in [4.78, 5) is 8.41. The fourth-order valence-corrected chi connectivity index (χ4v) is 1.70. The highest BCUT2D eigenvalue weighted by Gasteiger charge is 2.10. The molecule has 0 saturated carbocycles. The molecule has 0 atom stereocenters. The fraction of sp³-hybridized carbons (Fsp3) is 0.500. The Hall–Kier alpha value is -0.810. The first kappa shape index (κ1) is 10.3. The maximum Gasteiger partial charge on any atom is 0.222 e. The van der Waals surface area contributed by atoms with Gasteiger partial charge in [0.25, 0.3) is 0 Å². The number of nitrogens with two attached hydrogens (primary N) is 1. The maximum absolute atomic E-state index is 5.58. The van der Waals surface area contributed by atoms with Gasteiger partial charge in [-0.25, -0.2) is 4.98 Å². The zero-order valence-electron chi connectivity index (χ0n) is 8.00. The molecule has 1 heterocycles. The zero-order chi connectivity index (χ0) is 9.84. The van der Waals surface area contributed by atoms with Crippen molar-refractivity contribution in [3.63, 3.8) is 0 Å². The molecular weight excluding hydrogens is 186 g/mol. The quantitative estimate of drug-likeness (QED) is 0.580. The molecule has 0 unspecified atom stereocenters. The Bertz CT molecular complexity index is 278. The molecule has 0 aromatic carbocycles. The minimum atomic E-state index is 0.402. The van der Waals surface area contributed by atoms with Gasteiger partial charge in [-0.15, -0.1) is 11.8 Å². The van der Waals surface area contributed by atoms with Gasteiger partial charge in [0.05, 0.1) is 12.7 Å². The van der Waals surface area contributed by atoms with E-state index in [2.05, 4.69) is 9.97 Å². The highest BCUT2D eigenvalue weighted by atomic mass is 32.2. The number of rotatable bonds is 3. The Morgan fingerprint density at radius 1 is 1.46 bits per heavy atom. The number of aromatic nitrogens is 2. The Morgan fingerprint density at radius 2 is 2.15 bits per heavy atom. The van der Waals surface area contributed by atoms with Crippen LogP contribution in [-0.2, 0) is 6.54 Å². The van der Waals surface area contributed by atoms with E-state index >= 15 is 0 Å². The first-order chi connectivity index (χ1) is 6.22. The van der Waals surface area contributed by atoms with Gasteiger partial charge in [-0.3, -0.25) is 0 Å². The Kier molecular flexibility index (Phi) is 3.50. The highest BCUT2D eigenvalue weighted by molar-refractivity contribution is 7.98. The Morgan fingerprint density at radius 3 is 2.62 bits per heavy atom. The monoisotopic (exact) mass is 199 g/mol. The van der Waals surface area contributed by atoms with Gasteiger partial charge in [-0.05, 0) is 13.2 Å². The predicted octanol–water partition coefficient (Wildman–Crippen LogP) is 0.974. The first-order valence-corrected chi connectivity index (χ1v) is 5.11. The molecule has 0 saturated heterocycles. The third kappa shape index (κ3) is 2.10. The number of thioether (sulfide) groups is 1. The molecule has 0 fully saturated rings. The van der Waals surface area contributed by atoms with Crippen LogP contribution in [0.15, 0.2) is 5.03 Å². The summed E-state index contributed by atoms with van der Waals surface area (Å²) in [5.74, 6) is 1.29. The second kappa shape index (κ2) is 4.43. The lowest BCUT2D eigenvalue weighted by atomic mass is 10.3. The fourth-order valence-electron chi connectivity index (χ4n) is 1.06. The van der Waals surface area contributed by atoms with Gasteiger partial charge in [0.1, 0.15) is 10.9 Å². The normalized spacial score (nSPS) is 10.2. The van der Waals surface area contributed by atoms with E-state index in [1.165, 1.54) is 0 Å². The van der Waals surface area contributed by atoms with Crippen LogP contribution in [0.1, 0.15) is 11.4 Å². The van der Waals surface area contributed by atoms with Crippen molar-refractivity contribution in [2.24, 2.45) is 5.73 Å². The molecule has 5 heteroatoms. The van der Waals surface area contributed by atoms with Crippen molar-refractivity contribution in [3.05, 3.63) is 11.4 Å². The number of nitrogens with zero attached hydrogens (tertiary/aromatic N) is 2. The van der Waals surface area contributed by atoms with E-state index in [1.807, 2.05) is 13.2 Å². The number of hydrogen-bond acceptors (Lipinski definition) is 5. The van der Waals surface area contributed by atoms with E-state index in [9.17, 15) is 0 Å². The number of aryl methyl sites for hydroxylation is 1. The number of ether oxygens (including phenoxy) is 1. The summed E-state index contributed by atoms with van der Waals surface area (Å²) >= 11 is 1.55. The standard InChI is InChI=1S/C8H13N3OS/c1-5-10-7(12-2)6(4-9)8(11-5)13-3/h4,9H2,1-3H3. The van der Waals surface area contributed by atoms with Crippen molar-refractivity contribution >= 4 is 11.8 Å². The van der Waals surface area contributed by atoms with Crippen LogP contribution < -0.4 is 10.5 Å². The highest BCUT2D eigenvalue weighted by Crippen LogP contribution is 2.24. The van der Waals surface area contributed by atoms with Gasteiger partial charge in [0.15, 0.2) is 0 Å². The molecule has 72 valence electrons. The smallest absolute Gasteiger partial charge is 0.222 e. The third-order valence-electron chi connectivity index (χ3n) is 1.63. The van der Waals surface area contributed by atoms with Crippen molar-refractivity contribution in [2.75, 3.05) is 13.4 Å². The second-order valence-electron chi connectivity index (χ2n) is 2.47. The molecule has 2 N–H and O–H groups in total. The summed E-state index contributed by atoms with van der Waals surface area (Å²) in [6, 6.07) is 0. The van der Waals surface area contributed by atoms with Crippen molar-refractivity contribution in [1.82, 2.24) is 9.97 Å². The maximum atomic E-state index is 5.58. The largest absolute Gasteiger partial charge is 0.481 e. The SMILES string of the molecule is COc1nc(C)nc(SC)c1CN. The van der Waals surface area contributed by atoms with E-state index in [0.717, 1.165) is 10.6 Å². The average Bonchev–Trinajstić information content (AvgIpc) is 2.16. The predicted molar refractivity (Wildman–Crippen MR) is 53.0 cm³/mol. The molecule has 0 spiro atoms. The minimum Gasteiger partial charge on any atom is -0.481 e. The van der Waals surface area contributed by atoms with Crippen LogP contribution in [0.25, 0.3) is 0 Å². The average molecular weight is 199 g/mol.